The molecule has 0 aliphatic carbocycles. The van der Waals surface area contributed by atoms with Gasteiger partial charge in [0.05, 0.1) is 7.11 Å². The summed E-state index contributed by atoms with van der Waals surface area (Å²) in [5, 5.41) is 1.99. The molecular formula is C10H11N3OS. The maximum Gasteiger partial charge on any atom is 0.240 e. The first-order valence-corrected chi connectivity index (χ1v) is 5.36. The summed E-state index contributed by atoms with van der Waals surface area (Å²) in [7, 11) is 1.59. The van der Waals surface area contributed by atoms with Crippen LogP contribution in [0.2, 0.25) is 0 Å². The molecule has 0 aromatic carbocycles. The summed E-state index contributed by atoms with van der Waals surface area (Å²) in [5.74, 6) is 0.533. The minimum atomic E-state index is 0.507. The second kappa shape index (κ2) is 4.37. The summed E-state index contributed by atoms with van der Waals surface area (Å²) >= 11 is 1.62. The third-order valence-electron chi connectivity index (χ3n) is 2.04. The molecule has 2 N–H and O–H groups in total. The highest BCUT2D eigenvalue weighted by Gasteiger charge is 2.12. The van der Waals surface area contributed by atoms with Crippen LogP contribution in [0, 0.1) is 0 Å². The van der Waals surface area contributed by atoms with Crippen molar-refractivity contribution < 1.29 is 4.74 Å². The molecule has 0 bridgehead atoms. The molecule has 0 amide bonds. The van der Waals surface area contributed by atoms with E-state index in [2.05, 4.69) is 9.97 Å². The largest absolute Gasteiger partial charge is 0.479 e. The van der Waals surface area contributed by atoms with E-state index in [1.54, 1.807) is 30.8 Å². The van der Waals surface area contributed by atoms with Gasteiger partial charge in [0.15, 0.2) is 0 Å². The van der Waals surface area contributed by atoms with Crippen LogP contribution in [0.15, 0.2) is 23.8 Å². The van der Waals surface area contributed by atoms with Crippen LogP contribution in [-0.4, -0.2) is 17.1 Å². The highest BCUT2D eigenvalue weighted by Crippen LogP contribution is 2.31. The van der Waals surface area contributed by atoms with E-state index in [4.69, 9.17) is 10.5 Å². The van der Waals surface area contributed by atoms with Crippen molar-refractivity contribution in [1.82, 2.24) is 9.97 Å². The zero-order valence-electron chi connectivity index (χ0n) is 8.30. The van der Waals surface area contributed by atoms with Gasteiger partial charge < -0.3 is 10.5 Å². The average Bonchev–Trinajstić information content (AvgIpc) is 2.76. The number of nitrogens with zero attached hydrogens (tertiary/aromatic N) is 2. The Balaban J connectivity index is 2.53. The zero-order chi connectivity index (χ0) is 10.7. The molecule has 78 valence electrons. The lowest BCUT2D eigenvalue weighted by molar-refractivity contribution is 0.397. The lowest BCUT2D eigenvalue weighted by Gasteiger charge is -2.05. The Labute approximate surface area is 91.8 Å². The predicted molar refractivity (Wildman–Crippen MR) is 59.8 cm³/mol. The Morgan fingerprint density at radius 1 is 1.40 bits per heavy atom. The molecule has 2 aromatic rings. The van der Waals surface area contributed by atoms with Gasteiger partial charge in [-0.25, -0.2) is 9.97 Å². The van der Waals surface area contributed by atoms with Crippen molar-refractivity contribution >= 4 is 11.3 Å². The van der Waals surface area contributed by atoms with Gasteiger partial charge in [0.2, 0.25) is 5.88 Å². The molecule has 0 atom stereocenters. The van der Waals surface area contributed by atoms with Gasteiger partial charge in [-0.1, -0.05) is 0 Å². The van der Waals surface area contributed by atoms with E-state index < -0.39 is 0 Å². The minimum Gasteiger partial charge on any atom is -0.479 e. The van der Waals surface area contributed by atoms with E-state index in [1.807, 2.05) is 11.4 Å². The first-order chi connectivity index (χ1) is 7.36. The molecule has 2 heterocycles. The number of methoxy groups -OCH3 is 1. The van der Waals surface area contributed by atoms with Crippen LogP contribution in [0.25, 0.3) is 11.3 Å². The third-order valence-corrected chi connectivity index (χ3v) is 2.99. The van der Waals surface area contributed by atoms with Crippen LogP contribution >= 0.6 is 11.3 Å². The Hall–Kier alpha value is -1.46. The van der Waals surface area contributed by atoms with Gasteiger partial charge >= 0.3 is 0 Å². The van der Waals surface area contributed by atoms with Gasteiger partial charge in [-0.05, 0) is 11.4 Å². The third kappa shape index (κ3) is 1.84. The molecule has 0 radical (unpaired) electrons. The van der Waals surface area contributed by atoms with Crippen LogP contribution < -0.4 is 10.5 Å². The molecule has 15 heavy (non-hydrogen) atoms. The smallest absolute Gasteiger partial charge is 0.240 e. The Bertz CT molecular complexity index is 455. The van der Waals surface area contributed by atoms with E-state index in [1.165, 1.54) is 0 Å². The van der Waals surface area contributed by atoms with E-state index in [0.29, 0.717) is 12.4 Å². The summed E-state index contributed by atoms with van der Waals surface area (Å²) in [4.78, 5) is 9.46. The second-order valence-electron chi connectivity index (χ2n) is 2.88. The van der Waals surface area contributed by atoms with Gasteiger partial charge in [0.1, 0.15) is 5.69 Å². The molecule has 5 heteroatoms. The number of hydrogen-bond acceptors (Lipinski definition) is 5. The van der Waals surface area contributed by atoms with Gasteiger partial charge in [-0.3, -0.25) is 0 Å². The lowest BCUT2D eigenvalue weighted by atomic mass is 10.2. The SMILES string of the molecule is COc1nccnc1-c1ccsc1CN. The molecule has 0 aliphatic heterocycles. The standard InChI is InChI=1S/C10H11N3OS/c1-14-10-9(12-3-4-13-10)7-2-5-15-8(7)6-11/h2-5H,6,11H2,1H3. The number of hydrogen-bond donors (Lipinski definition) is 1. The zero-order valence-corrected chi connectivity index (χ0v) is 9.12. The molecular weight excluding hydrogens is 210 g/mol. The average molecular weight is 221 g/mol. The Kier molecular flexibility index (Phi) is 2.94. The fourth-order valence-corrected chi connectivity index (χ4v) is 2.13. The van der Waals surface area contributed by atoms with Crippen molar-refractivity contribution in [3.63, 3.8) is 0 Å². The molecule has 4 nitrogen and oxygen atoms in total. The van der Waals surface area contributed by atoms with Crippen molar-refractivity contribution in [2.75, 3.05) is 7.11 Å². The molecule has 2 rings (SSSR count). The van der Waals surface area contributed by atoms with Crippen LogP contribution in [0.4, 0.5) is 0 Å². The number of rotatable bonds is 3. The number of aromatic nitrogens is 2. The first kappa shape index (κ1) is 10.1. The molecule has 0 aliphatic rings. The second-order valence-corrected chi connectivity index (χ2v) is 3.88. The van der Waals surface area contributed by atoms with Gasteiger partial charge in [-0.2, -0.15) is 0 Å². The Morgan fingerprint density at radius 3 is 2.93 bits per heavy atom. The lowest BCUT2D eigenvalue weighted by Crippen LogP contribution is -1.98. The number of ether oxygens (including phenoxy) is 1. The summed E-state index contributed by atoms with van der Waals surface area (Å²) < 4.78 is 5.16. The van der Waals surface area contributed by atoms with Crippen molar-refractivity contribution in [3.05, 3.63) is 28.7 Å². The number of nitrogens with two attached hydrogens (primary N) is 1. The highest BCUT2D eigenvalue weighted by molar-refractivity contribution is 7.10. The maximum atomic E-state index is 5.65. The van der Waals surface area contributed by atoms with E-state index in [0.717, 1.165) is 16.1 Å². The molecule has 0 fully saturated rings. The molecule has 0 unspecified atom stereocenters. The van der Waals surface area contributed by atoms with Crippen molar-refractivity contribution in [3.8, 4) is 17.1 Å². The van der Waals surface area contributed by atoms with Crippen molar-refractivity contribution in [2.45, 2.75) is 6.54 Å². The fraction of sp³-hybridized carbons (Fsp3) is 0.200. The van der Waals surface area contributed by atoms with Gasteiger partial charge in [0.25, 0.3) is 0 Å². The summed E-state index contributed by atoms with van der Waals surface area (Å²) in [5.41, 5.74) is 7.40. The monoisotopic (exact) mass is 221 g/mol. The van der Waals surface area contributed by atoms with Crippen LogP contribution in [0.1, 0.15) is 4.88 Å². The quantitative estimate of drug-likeness (QED) is 0.856. The van der Waals surface area contributed by atoms with E-state index >= 15 is 0 Å². The molecule has 0 spiro atoms. The maximum absolute atomic E-state index is 5.65. The fourth-order valence-electron chi connectivity index (χ4n) is 1.37. The Morgan fingerprint density at radius 2 is 2.20 bits per heavy atom. The van der Waals surface area contributed by atoms with E-state index in [9.17, 15) is 0 Å². The summed E-state index contributed by atoms with van der Waals surface area (Å²) in [6, 6.07) is 1.99. The van der Waals surface area contributed by atoms with Crippen LogP contribution in [0.5, 0.6) is 5.88 Å². The predicted octanol–water partition coefficient (Wildman–Crippen LogP) is 1.67. The van der Waals surface area contributed by atoms with Crippen LogP contribution in [-0.2, 0) is 6.54 Å². The normalized spacial score (nSPS) is 10.3. The number of thiophene rings is 1. The van der Waals surface area contributed by atoms with Crippen molar-refractivity contribution in [1.29, 1.82) is 0 Å². The summed E-state index contributed by atoms with van der Waals surface area (Å²) in [6.45, 7) is 0.507. The van der Waals surface area contributed by atoms with E-state index in [-0.39, 0.29) is 0 Å². The van der Waals surface area contributed by atoms with Gasteiger partial charge in [0, 0.05) is 29.4 Å². The topological polar surface area (TPSA) is 61.0 Å². The molecule has 0 saturated carbocycles. The highest BCUT2D eigenvalue weighted by atomic mass is 32.1. The summed E-state index contributed by atoms with van der Waals surface area (Å²) in [6.07, 6.45) is 3.26. The first-order valence-electron chi connectivity index (χ1n) is 4.48. The van der Waals surface area contributed by atoms with Gasteiger partial charge in [-0.15, -0.1) is 11.3 Å². The van der Waals surface area contributed by atoms with Crippen molar-refractivity contribution in [2.24, 2.45) is 5.73 Å². The minimum absolute atomic E-state index is 0.507. The molecule has 0 saturated heterocycles. The molecule has 2 aromatic heterocycles. The van der Waals surface area contributed by atoms with Crippen LogP contribution in [0.3, 0.4) is 0 Å².